The number of fused-ring (bicyclic) bond motifs is 2. The van der Waals surface area contributed by atoms with E-state index < -0.39 is 11.5 Å². The molecule has 0 spiro atoms. The van der Waals surface area contributed by atoms with Crippen LogP contribution in [0.1, 0.15) is 19.4 Å². The smallest absolute Gasteiger partial charge is 0.344 e. The molecule has 0 saturated heterocycles. The van der Waals surface area contributed by atoms with Gasteiger partial charge in [0.1, 0.15) is 5.58 Å². The van der Waals surface area contributed by atoms with Crippen molar-refractivity contribution in [3.8, 4) is 17.3 Å². The number of hydrogen-bond acceptors (Lipinski definition) is 7. The van der Waals surface area contributed by atoms with Gasteiger partial charge in [0, 0.05) is 10.4 Å². The van der Waals surface area contributed by atoms with E-state index in [0.29, 0.717) is 32.8 Å². The van der Waals surface area contributed by atoms with Gasteiger partial charge in [0.15, 0.2) is 18.1 Å². The molecule has 3 aromatic carbocycles. The van der Waals surface area contributed by atoms with Gasteiger partial charge in [0.05, 0.1) is 33.3 Å². The van der Waals surface area contributed by atoms with Crippen LogP contribution < -0.4 is 10.3 Å². The van der Waals surface area contributed by atoms with Gasteiger partial charge in [-0.1, -0.05) is 46.9 Å². The van der Waals surface area contributed by atoms with E-state index >= 15 is 0 Å². The fraction of sp³-hybridized carbons (Fsp3) is 0.143. The van der Waals surface area contributed by atoms with Gasteiger partial charge >= 0.3 is 5.97 Å². The van der Waals surface area contributed by atoms with Gasteiger partial charge in [-0.3, -0.25) is 4.79 Å². The van der Waals surface area contributed by atoms with Gasteiger partial charge in [0.2, 0.25) is 5.82 Å². The molecular weight excluding hydrogens is 565 g/mol. The molecule has 0 N–H and O–H groups in total. The second kappa shape index (κ2) is 11.1. The van der Waals surface area contributed by atoms with Crippen molar-refractivity contribution < 1.29 is 18.7 Å². The molecule has 0 unspecified atom stereocenters. The summed E-state index contributed by atoms with van der Waals surface area (Å²) in [5.74, 6) is 0.108. The average molecular weight is 585 g/mol. The first-order chi connectivity index (χ1) is 18.7. The Balaban J connectivity index is 1.53. The van der Waals surface area contributed by atoms with Crippen molar-refractivity contribution in [2.75, 3.05) is 6.61 Å². The molecular formula is C28H20Cl3N3O5. The molecule has 5 aromatic rings. The van der Waals surface area contributed by atoms with Gasteiger partial charge in [-0.05, 0) is 67.9 Å². The number of para-hydroxylation sites is 1. The van der Waals surface area contributed by atoms with E-state index in [4.69, 9.17) is 48.7 Å². The van der Waals surface area contributed by atoms with Crippen LogP contribution in [0.3, 0.4) is 0 Å². The van der Waals surface area contributed by atoms with Gasteiger partial charge in [-0.25, -0.2) is 9.78 Å². The number of rotatable bonds is 7. The number of esters is 1. The van der Waals surface area contributed by atoms with Crippen LogP contribution in [0.5, 0.6) is 5.75 Å². The first-order valence-corrected chi connectivity index (χ1v) is 12.9. The normalized spacial score (nSPS) is 11.6. The standard InChI is InChI=1S/C28H20Cl3N3O5/c1-15(2)38-25(35)14-37-26-20(30)9-16(10-21(26)31)13-32-34-27(33-22-6-4-3-5-19(22)28(34)36)24-12-17-11-18(29)7-8-23(17)39-24/h3-13,15H,14H2,1-2H3. The highest BCUT2D eigenvalue weighted by molar-refractivity contribution is 6.37. The average Bonchev–Trinajstić information content (AvgIpc) is 3.30. The first-order valence-electron chi connectivity index (χ1n) is 11.8. The number of hydrogen-bond donors (Lipinski definition) is 0. The minimum Gasteiger partial charge on any atom is -0.479 e. The quantitative estimate of drug-likeness (QED) is 0.151. The van der Waals surface area contributed by atoms with Crippen LogP contribution in [-0.4, -0.2) is 34.6 Å². The van der Waals surface area contributed by atoms with Crippen molar-refractivity contribution in [2.24, 2.45) is 5.10 Å². The zero-order valence-corrected chi connectivity index (χ0v) is 22.9. The van der Waals surface area contributed by atoms with Crippen molar-refractivity contribution in [3.05, 3.63) is 91.6 Å². The third-order valence-corrected chi connectivity index (χ3v) is 6.29. The van der Waals surface area contributed by atoms with Crippen LogP contribution in [-0.2, 0) is 9.53 Å². The van der Waals surface area contributed by atoms with Gasteiger partial charge in [-0.2, -0.15) is 9.78 Å². The van der Waals surface area contributed by atoms with Crippen LogP contribution in [0.2, 0.25) is 15.1 Å². The molecule has 0 radical (unpaired) electrons. The maximum atomic E-state index is 13.5. The van der Waals surface area contributed by atoms with Crippen LogP contribution in [0, 0.1) is 0 Å². The molecule has 198 valence electrons. The number of halogens is 3. The topological polar surface area (TPSA) is 95.9 Å². The summed E-state index contributed by atoms with van der Waals surface area (Å²) in [5.41, 5.74) is 1.15. The van der Waals surface area contributed by atoms with E-state index in [2.05, 4.69) is 10.1 Å². The Morgan fingerprint density at radius 3 is 2.56 bits per heavy atom. The van der Waals surface area contributed by atoms with E-state index in [1.54, 1.807) is 74.5 Å². The second-order valence-corrected chi connectivity index (χ2v) is 10.00. The molecule has 0 amide bonds. The van der Waals surface area contributed by atoms with E-state index in [9.17, 15) is 9.59 Å². The lowest BCUT2D eigenvalue weighted by Crippen LogP contribution is -2.20. The number of aromatic nitrogens is 2. The number of carbonyl (C=O) groups is 1. The zero-order chi connectivity index (χ0) is 27.7. The molecule has 0 bridgehead atoms. The highest BCUT2D eigenvalue weighted by Crippen LogP contribution is 2.34. The van der Waals surface area contributed by atoms with Crippen molar-refractivity contribution >= 4 is 68.9 Å². The van der Waals surface area contributed by atoms with Gasteiger partial charge in [-0.15, -0.1) is 0 Å². The van der Waals surface area contributed by atoms with Crippen LogP contribution in [0.4, 0.5) is 0 Å². The molecule has 0 aliphatic heterocycles. The minimum absolute atomic E-state index is 0.127. The summed E-state index contributed by atoms with van der Waals surface area (Å²) in [4.78, 5) is 29.9. The van der Waals surface area contributed by atoms with Gasteiger partial charge in [0.25, 0.3) is 5.56 Å². The van der Waals surface area contributed by atoms with Crippen molar-refractivity contribution in [1.29, 1.82) is 0 Å². The third kappa shape index (κ3) is 5.78. The predicted molar refractivity (Wildman–Crippen MR) is 152 cm³/mol. The van der Waals surface area contributed by atoms with Crippen molar-refractivity contribution in [1.82, 2.24) is 9.66 Å². The molecule has 2 heterocycles. The molecule has 0 atom stereocenters. The molecule has 0 saturated carbocycles. The van der Waals surface area contributed by atoms with E-state index in [1.165, 1.54) is 6.21 Å². The predicted octanol–water partition coefficient (Wildman–Crippen LogP) is 6.98. The van der Waals surface area contributed by atoms with Gasteiger partial charge < -0.3 is 13.9 Å². The molecule has 0 aliphatic rings. The number of carbonyl (C=O) groups excluding carboxylic acids is 1. The van der Waals surface area contributed by atoms with Crippen LogP contribution >= 0.6 is 34.8 Å². The molecule has 0 aliphatic carbocycles. The van der Waals surface area contributed by atoms with E-state index in [-0.39, 0.29) is 34.3 Å². The van der Waals surface area contributed by atoms with E-state index in [0.717, 1.165) is 10.1 Å². The summed E-state index contributed by atoms with van der Waals surface area (Å²) in [7, 11) is 0. The highest BCUT2D eigenvalue weighted by Gasteiger charge is 2.17. The van der Waals surface area contributed by atoms with Crippen LogP contribution in [0.15, 0.2) is 75.0 Å². The molecule has 8 nitrogen and oxygen atoms in total. The summed E-state index contributed by atoms with van der Waals surface area (Å²) >= 11 is 18.9. The Morgan fingerprint density at radius 1 is 1.08 bits per heavy atom. The van der Waals surface area contributed by atoms with Crippen molar-refractivity contribution in [2.45, 2.75) is 20.0 Å². The Hall–Kier alpha value is -3.85. The summed E-state index contributed by atoms with van der Waals surface area (Å²) < 4.78 is 17.6. The third-order valence-electron chi connectivity index (χ3n) is 5.50. The molecule has 0 fully saturated rings. The first kappa shape index (κ1) is 26.7. The Morgan fingerprint density at radius 2 is 1.82 bits per heavy atom. The minimum atomic E-state index is -0.550. The van der Waals surface area contributed by atoms with Crippen molar-refractivity contribution in [3.63, 3.8) is 0 Å². The number of benzene rings is 3. The lowest BCUT2D eigenvalue weighted by atomic mass is 10.2. The highest BCUT2D eigenvalue weighted by atomic mass is 35.5. The Kier molecular flexibility index (Phi) is 7.61. The monoisotopic (exact) mass is 583 g/mol. The number of furan rings is 1. The molecule has 2 aromatic heterocycles. The fourth-order valence-electron chi connectivity index (χ4n) is 3.86. The maximum Gasteiger partial charge on any atom is 0.344 e. The lowest BCUT2D eigenvalue weighted by Gasteiger charge is -2.12. The molecule has 39 heavy (non-hydrogen) atoms. The summed E-state index contributed by atoms with van der Waals surface area (Å²) in [6.45, 7) is 3.12. The summed E-state index contributed by atoms with van der Waals surface area (Å²) in [6.07, 6.45) is 1.14. The van der Waals surface area contributed by atoms with Crippen LogP contribution in [0.25, 0.3) is 33.5 Å². The largest absolute Gasteiger partial charge is 0.479 e. The van der Waals surface area contributed by atoms with E-state index in [1.807, 2.05) is 0 Å². The molecule has 5 rings (SSSR count). The zero-order valence-electron chi connectivity index (χ0n) is 20.7. The Bertz CT molecular complexity index is 1790. The SMILES string of the molecule is CC(C)OC(=O)COc1c(Cl)cc(C=Nn2c(-c3cc4cc(Cl)ccc4o3)nc3ccccc3c2=O)cc1Cl. The fourth-order valence-corrected chi connectivity index (χ4v) is 4.65. The molecule has 11 heteroatoms. The Labute approximate surface area is 237 Å². The number of nitrogens with zero attached hydrogens (tertiary/aromatic N) is 3. The number of ether oxygens (including phenoxy) is 2. The summed E-state index contributed by atoms with van der Waals surface area (Å²) in [6, 6.07) is 17.0. The summed E-state index contributed by atoms with van der Waals surface area (Å²) in [5, 5.41) is 6.39. The second-order valence-electron chi connectivity index (χ2n) is 8.75. The maximum absolute atomic E-state index is 13.5. The lowest BCUT2D eigenvalue weighted by molar-refractivity contribution is -0.149.